The highest BCUT2D eigenvalue weighted by Gasteiger charge is 2.35. The highest BCUT2D eigenvalue weighted by atomic mass is 35.5. The molecule has 1 N–H and O–H groups in total. The fourth-order valence-corrected chi connectivity index (χ4v) is 6.55. The van der Waals surface area contributed by atoms with Gasteiger partial charge in [-0.2, -0.15) is 0 Å². The molecule has 0 aliphatic heterocycles. The van der Waals surface area contributed by atoms with Gasteiger partial charge in [-0.3, -0.25) is 13.9 Å². The van der Waals surface area contributed by atoms with Crippen LogP contribution in [0, 0.1) is 6.92 Å². The Morgan fingerprint density at radius 3 is 2.13 bits per heavy atom. The van der Waals surface area contributed by atoms with Gasteiger partial charge < -0.3 is 15.0 Å². The molecule has 2 amide bonds. The number of anilines is 1. The van der Waals surface area contributed by atoms with Crippen molar-refractivity contribution in [3.8, 4) is 5.75 Å². The molecule has 4 rings (SSSR count). The van der Waals surface area contributed by atoms with Gasteiger partial charge in [0.2, 0.25) is 11.8 Å². The maximum Gasteiger partial charge on any atom is 0.264 e. The van der Waals surface area contributed by atoms with Gasteiger partial charge in [0, 0.05) is 24.0 Å². The quantitative estimate of drug-likeness (QED) is 0.192. The number of sulfonamides is 1. The maximum absolute atomic E-state index is 14.6. The molecule has 8 nitrogen and oxygen atoms in total. The lowest BCUT2D eigenvalue weighted by atomic mass is 10.0. The second-order valence-electron chi connectivity index (χ2n) is 11.0. The van der Waals surface area contributed by atoms with Crippen LogP contribution in [0.5, 0.6) is 5.75 Å². The third-order valence-electron chi connectivity index (χ3n) is 7.24. The van der Waals surface area contributed by atoms with E-state index in [0.717, 1.165) is 15.4 Å². The van der Waals surface area contributed by atoms with E-state index in [1.807, 2.05) is 51.1 Å². The summed E-state index contributed by atoms with van der Waals surface area (Å²) in [5.74, 6) is -0.673. The first-order valence-corrected chi connectivity index (χ1v) is 16.4. The molecular weight excluding hydrogens is 610 g/mol. The number of amides is 2. The van der Waals surface area contributed by atoms with Gasteiger partial charge in [0.1, 0.15) is 18.3 Å². The van der Waals surface area contributed by atoms with Crippen LogP contribution in [-0.2, 0) is 32.6 Å². The second kappa shape index (κ2) is 15.1. The molecule has 0 saturated carbocycles. The van der Waals surface area contributed by atoms with E-state index in [1.165, 1.54) is 24.1 Å². The Morgan fingerprint density at radius 2 is 1.49 bits per heavy atom. The number of rotatable bonds is 13. The largest absolute Gasteiger partial charge is 0.495 e. The van der Waals surface area contributed by atoms with Crippen LogP contribution in [0.2, 0.25) is 5.02 Å². The lowest BCUT2D eigenvalue weighted by Crippen LogP contribution is -2.54. The van der Waals surface area contributed by atoms with E-state index < -0.39 is 28.5 Å². The molecule has 0 aliphatic rings. The first-order chi connectivity index (χ1) is 21.5. The second-order valence-corrected chi connectivity index (χ2v) is 13.2. The van der Waals surface area contributed by atoms with Crippen LogP contribution in [-0.4, -0.2) is 50.9 Å². The van der Waals surface area contributed by atoms with Gasteiger partial charge in [-0.25, -0.2) is 8.42 Å². The Bertz CT molecular complexity index is 1710. The Morgan fingerprint density at radius 1 is 0.867 bits per heavy atom. The van der Waals surface area contributed by atoms with Gasteiger partial charge in [-0.15, -0.1) is 0 Å². The van der Waals surface area contributed by atoms with Crippen LogP contribution >= 0.6 is 11.6 Å². The Balaban J connectivity index is 1.84. The van der Waals surface area contributed by atoms with E-state index in [2.05, 4.69) is 5.32 Å². The minimum atomic E-state index is -4.26. The first-order valence-electron chi connectivity index (χ1n) is 14.6. The SMILES string of the molecule is COc1ccccc1N(CC(=O)N(Cc1ccccc1Cl)C(Cc1ccccc1)C(=O)NC(C)C)S(=O)(=O)c1ccc(C)cc1. The van der Waals surface area contributed by atoms with Crippen molar-refractivity contribution in [2.24, 2.45) is 0 Å². The zero-order chi connectivity index (χ0) is 32.6. The van der Waals surface area contributed by atoms with Crippen molar-refractivity contribution < 1.29 is 22.7 Å². The zero-order valence-electron chi connectivity index (χ0n) is 25.8. The van der Waals surface area contributed by atoms with E-state index in [9.17, 15) is 18.0 Å². The topological polar surface area (TPSA) is 96.0 Å². The molecule has 0 aliphatic carbocycles. The molecule has 0 bridgehead atoms. The van der Waals surface area contributed by atoms with Crippen LogP contribution in [0.15, 0.2) is 108 Å². The van der Waals surface area contributed by atoms with Gasteiger partial charge in [0.15, 0.2) is 0 Å². The van der Waals surface area contributed by atoms with Crippen molar-refractivity contribution in [1.29, 1.82) is 0 Å². The summed E-state index contributed by atoms with van der Waals surface area (Å²) in [5.41, 5.74) is 2.54. The maximum atomic E-state index is 14.6. The summed E-state index contributed by atoms with van der Waals surface area (Å²) in [6, 6.07) is 28.3. The van der Waals surface area contributed by atoms with Crippen molar-refractivity contribution in [3.05, 3.63) is 125 Å². The van der Waals surface area contributed by atoms with E-state index in [4.69, 9.17) is 16.3 Å². The fourth-order valence-electron chi connectivity index (χ4n) is 4.93. The molecule has 0 aromatic heterocycles. The molecule has 1 atom stereocenters. The van der Waals surface area contributed by atoms with Gasteiger partial charge in [0.05, 0.1) is 17.7 Å². The summed E-state index contributed by atoms with van der Waals surface area (Å²) in [5, 5.41) is 3.37. The van der Waals surface area contributed by atoms with Gasteiger partial charge in [0.25, 0.3) is 10.0 Å². The number of methoxy groups -OCH3 is 1. The molecule has 0 spiro atoms. The number of para-hydroxylation sites is 2. The Hall–Kier alpha value is -4.34. The summed E-state index contributed by atoms with van der Waals surface area (Å²) in [6.45, 7) is 4.93. The fraction of sp³-hybridized carbons (Fsp3) is 0.257. The molecule has 0 saturated heterocycles. The summed E-state index contributed by atoms with van der Waals surface area (Å²) in [6.07, 6.45) is 0.203. The third kappa shape index (κ3) is 8.44. The predicted octanol–water partition coefficient (Wildman–Crippen LogP) is 6.02. The molecule has 10 heteroatoms. The zero-order valence-corrected chi connectivity index (χ0v) is 27.4. The normalized spacial score (nSPS) is 12.0. The lowest BCUT2D eigenvalue weighted by molar-refractivity contribution is -0.140. The monoisotopic (exact) mass is 647 g/mol. The third-order valence-corrected chi connectivity index (χ3v) is 9.38. The van der Waals surface area contributed by atoms with Crippen molar-refractivity contribution in [1.82, 2.24) is 10.2 Å². The van der Waals surface area contributed by atoms with Crippen molar-refractivity contribution in [2.75, 3.05) is 18.0 Å². The molecule has 4 aromatic carbocycles. The first kappa shape index (κ1) is 33.6. The van der Waals surface area contributed by atoms with Crippen molar-refractivity contribution in [3.63, 3.8) is 0 Å². The number of benzene rings is 4. The number of ether oxygens (including phenoxy) is 1. The van der Waals surface area contributed by atoms with Crippen LogP contribution in [0.1, 0.15) is 30.5 Å². The van der Waals surface area contributed by atoms with E-state index in [-0.39, 0.29) is 41.2 Å². The van der Waals surface area contributed by atoms with E-state index >= 15 is 0 Å². The van der Waals surface area contributed by atoms with Crippen LogP contribution in [0.4, 0.5) is 5.69 Å². The molecule has 45 heavy (non-hydrogen) atoms. The molecule has 0 heterocycles. The predicted molar refractivity (Wildman–Crippen MR) is 178 cm³/mol. The molecule has 0 fully saturated rings. The molecular formula is C35H38ClN3O5S. The smallest absolute Gasteiger partial charge is 0.264 e. The number of carbonyl (C=O) groups is 2. The van der Waals surface area contributed by atoms with Crippen molar-refractivity contribution in [2.45, 2.75) is 50.7 Å². The Labute approximate surface area is 270 Å². The number of halogens is 1. The molecule has 4 aromatic rings. The summed E-state index contributed by atoms with van der Waals surface area (Å²) in [4.78, 5) is 29.8. The minimum Gasteiger partial charge on any atom is -0.495 e. The molecule has 0 radical (unpaired) electrons. The van der Waals surface area contributed by atoms with Crippen LogP contribution in [0.3, 0.4) is 0 Å². The van der Waals surface area contributed by atoms with Gasteiger partial charge in [-0.1, -0.05) is 90.0 Å². The number of carbonyl (C=O) groups excluding carboxylic acids is 2. The number of aryl methyl sites for hydroxylation is 1. The van der Waals surface area contributed by atoms with Gasteiger partial charge in [-0.05, 0) is 62.2 Å². The van der Waals surface area contributed by atoms with Gasteiger partial charge >= 0.3 is 0 Å². The summed E-state index contributed by atoms with van der Waals surface area (Å²) >= 11 is 6.55. The average Bonchev–Trinajstić information content (AvgIpc) is 3.02. The summed E-state index contributed by atoms with van der Waals surface area (Å²) < 4.78 is 35.0. The summed E-state index contributed by atoms with van der Waals surface area (Å²) in [7, 11) is -2.82. The van der Waals surface area contributed by atoms with Crippen LogP contribution in [0.25, 0.3) is 0 Å². The Kier molecular flexibility index (Phi) is 11.3. The number of hydrogen-bond acceptors (Lipinski definition) is 5. The average molecular weight is 648 g/mol. The number of nitrogens with one attached hydrogen (secondary N) is 1. The molecule has 1 unspecified atom stereocenters. The van der Waals surface area contributed by atoms with E-state index in [1.54, 1.807) is 60.7 Å². The van der Waals surface area contributed by atoms with Crippen molar-refractivity contribution >= 4 is 39.1 Å². The standard InChI is InChI=1S/C35H38ClN3O5S/c1-25(2)37-35(41)32(22-27-12-6-5-7-13-27)38(23-28-14-8-9-15-30(28)36)34(40)24-39(31-16-10-11-17-33(31)44-4)45(42,43)29-20-18-26(3)19-21-29/h5-21,25,32H,22-24H2,1-4H3,(H,37,41). The van der Waals surface area contributed by atoms with Crippen LogP contribution < -0.4 is 14.4 Å². The minimum absolute atomic E-state index is 0.0165. The highest BCUT2D eigenvalue weighted by molar-refractivity contribution is 7.92. The number of nitrogens with zero attached hydrogens (tertiary/aromatic N) is 2. The molecule has 236 valence electrons. The van der Waals surface area contributed by atoms with E-state index in [0.29, 0.717) is 10.6 Å². The number of hydrogen-bond donors (Lipinski definition) is 1. The lowest BCUT2D eigenvalue weighted by Gasteiger charge is -2.34. The highest BCUT2D eigenvalue weighted by Crippen LogP contribution is 2.33.